The highest BCUT2D eigenvalue weighted by Gasteiger charge is 2.36. The average Bonchev–Trinajstić information content (AvgIpc) is 3.26. The number of likely N-dealkylation sites (tertiary alicyclic amines) is 2. The van der Waals surface area contributed by atoms with E-state index in [1.54, 1.807) is 0 Å². The van der Waals surface area contributed by atoms with E-state index in [9.17, 15) is 9.59 Å². The van der Waals surface area contributed by atoms with E-state index in [1.807, 2.05) is 4.90 Å². The topological polar surface area (TPSA) is 61.9 Å². The van der Waals surface area contributed by atoms with Crippen LogP contribution in [0.4, 0.5) is 0 Å². The van der Waals surface area contributed by atoms with Crippen molar-refractivity contribution in [2.45, 2.75) is 77.4 Å². The maximum atomic E-state index is 12.8. The molecule has 3 heterocycles. The van der Waals surface area contributed by atoms with Gasteiger partial charge in [0, 0.05) is 44.7 Å². The fraction of sp³-hybridized carbons (Fsp3) is 0.900. The molecule has 0 unspecified atom stereocenters. The predicted octanol–water partition coefficient (Wildman–Crippen LogP) is 1.78. The van der Waals surface area contributed by atoms with Crippen LogP contribution in [0, 0.1) is 5.41 Å². The third-order valence-corrected chi connectivity index (χ3v) is 5.86. The lowest BCUT2D eigenvalue weighted by molar-refractivity contribution is -0.140. The van der Waals surface area contributed by atoms with E-state index in [-0.39, 0.29) is 29.3 Å². The van der Waals surface area contributed by atoms with E-state index >= 15 is 0 Å². The molecule has 0 spiro atoms. The van der Waals surface area contributed by atoms with Crippen LogP contribution in [-0.2, 0) is 14.3 Å². The molecule has 0 radical (unpaired) electrons. The van der Waals surface area contributed by atoms with Crippen molar-refractivity contribution in [1.82, 2.24) is 15.1 Å². The lowest BCUT2D eigenvalue weighted by Crippen LogP contribution is -2.52. The first-order valence-corrected chi connectivity index (χ1v) is 10.2. The van der Waals surface area contributed by atoms with E-state index in [0.717, 1.165) is 58.4 Å². The Balaban J connectivity index is 1.47. The zero-order valence-electron chi connectivity index (χ0n) is 16.6. The molecule has 0 aromatic heterocycles. The van der Waals surface area contributed by atoms with Gasteiger partial charge in [-0.3, -0.25) is 14.5 Å². The number of piperidine rings is 1. The molecule has 1 N–H and O–H groups in total. The first-order valence-electron chi connectivity index (χ1n) is 10.2. The minimum absolute atomic E-state index is 0.0442. The molecular weight excluding hydrogens is 330 g/mol. The molecule has 6 nitrogen and oxygen atoms in total. The minimum Gasteiger partial charge on any atom is -0.380 e. The van der Waals surface area contributed by atoms with Crippen molar-refractivity contribution in [3.63, 3.8) is 0 Å². The van der Waals surface area contributed by atoms with Crippen LogP contribution in [0.15, 0.2) is 0 Å². The van der Waals surface area contributed by atoms with Gasteiger partial charge in [-0.2, -0.15) is 0 Å². The number of hydrogen-bond donors (Lipinski definition) is 1. The Bertz CT molecular complexity index is 503. The number of amides is 2. The van der Waals surface area contributed by atoms with Gasteiger partial charge in [0.1, 0.15) is 6.04 Å². The van der Waals surface area contributed by atoms with Crippen LogP contribution in [0.1, 0.15) is 59.3 Å². The summed E-state index contributed by atoms with van der Waals surface area (Å²) >= 11 is 0. The Hall–Kier alpha value is -1.14. The van der Waals surface area contributed by atoms with Crippen LogP contribution in [-0.4, -0.2) is 72.6 Å². The molecule has 0 bridgehead atoms. The predicted molar refractivity (Wildman–Crippen MR) is 101 cm³/mol. The van der Waals surface area contributed by atoms with Crippen molar-refractivity contribution in [2.75, 3.05) is 32.8 Å². The van der Waals surface area contributed by atoms with E-state index < -0.39 is 0 Å². The maximum absolute atomic E-state index is 12.8. The van der Waals surface area contributed by atoms with Crippen LogP contribution in [0.25, 0.3) is 0 Å². The maximum Gasteiger partial charge on any atom is 0.243 e. The lowest BCUT2D eigenvalue weighted by Gasteiger charge is -2.36. The summed E-state index contributed by atoms with van der Waals surface area (Å²) in [6.45, 7) is 10.7. The van der Waals surface area contributed by atoms with Crippen LogP contribution in [0.5, 0.6) is 0 Å². The van der Waals surface area contributed by atoms with Gasteiger partial charge in [0.15, 0.2) is 0 Å². The average molecular weight is 366 g/mol. The van der Waals surface area contributed by atoms with Gasteiger partial charge in [-0.1, -0.05) is 20.8 Å². The second-order valence-electron chi connectivity index (χ2n) is 9.32. The molecule has 0 aromatic rings. The highest BCUT2D eigenvalue weighted by molar-refractivity contribution is 5.88. The Kier molecular flexibility index (Phi) is 6.23. The number of carbonyl (C=O) groups is 2. The number of nitrogens with zero attached hydrogens (tertiary/aromatic N) is 2. The smallest absolute Gasteiger partial charge is 0.243 e. The summed E-state index contributed by atoms with van der Waals surface area (Å²) in [5, 5.41) is 3.23. The van der Waals surface area contributed by atoms with Gasteiger partial charge < -0.3 is 15.0 Å². The molecule has 0 aromatic carbocycles. The first kappa shape index (κ1) is 19.6. The molecule has 2 atom stereocenters. The second-order valence-corrected chi connectivity index (χ2v) is 9.32. The number of rotatable bonds is 4. The van der Waals surface area contributed by atoms with Gasteiger partial charge in [-0.05, 0) is 37.5 Å². The standard InChI is InChI=1S/C20H35N3O3/c1-20(2,3)13-18(24)23-9-4-5-17(23)19(25)21-15-6-10-22(11-7-15)16-8-12-26-14-16/h15-17H,4-14H2,1-3H3,(H,21,25)/t16-,17+/m0/s1. The second kappa shape index (κ2) is 8.26. The number of nitrogens with one attached hydrogen (secondary N) is 1. The zero-order chi connectivity index (χ0) is 18.7. The van der Waals surface area contributed by atoms with Gasteiger partial charge in [-0.15, -0.1) is 0 Å². The Labute approximate surface area is 157 Å². The molecule has 0 aliphatic carbocycles. The third kappa shape index (κ3) is 4.97. The summed E-state index contributed by atoms with van der Waals surface area (Å²) in [5.74, 6) is 0.165. The minimum atomic E-state index is -0.272. The zero-order valence-corrected chi connectivity index (χ0v) is 16.6. The van der Waals surface area contributed by atoms with Crippen molar-refractivity contribution < 1.29 is 14.3 Å². The fourth-order valence-electron chi connectivity index (χ4n) is 4.41. The molecule has 2 amide bonds. The fourth-order valence-corrected chi connectivity index (χ4v) is 4.41. The molecule has 148 valence electrons. The quantitative estimate of drug-likeness (QED) is 0.825. The summed E-state index contributed by atoms with van der Waals surface area (Å²) in [5.41, 5.74) is -0.0442. The van der Waals surface area contributed by atoms with Gasteiger partial charge in [-0.25, -0.2) is 0 Å². The molecule has 26 heavy (non-hydrogen) atoms. The van der Waals surface area contributed by atoms with Crippen molar-refractivity contribution in [1.29, 1.82) is 0 Å². The summed E-state index contributed by atoms with van der Waals surface area (Å²) < 4.78 is 5.49. The van der Waals surface area contributed by atoms with Crippen molar-refractivity contribution in [2.24, 2.45) is 5.41 Å². The van der Waals surface area contributed by atoms with E-state index in [4.69, 9.17) is 4.74 Å². The van der Waals surface area contributed by atoms with Crippen molar-refractivity contribution >= 4 is 11.8 Å². The Morgan fingerprint density at radius 2 is 1.81 bits per heavy atom. The molecule has 3 saturated heterocycles. The Morgan fingerprint density at radius 3 is 2.42 bits per heavy atom. The highest BCUT2D eigenvalue weighted by atomic mass is 16.5. The van der Waals surface area contributed by atoms with E-state index in [0.29, 0.717) is 19.0 Å². The van der Waals surface area contributed by atoms with Gasteiger partial charge in [0.25, 0.3) is 0 Å². The van der Waals surface area contributed by atoms with Gasteiger partial charge in [0.05, 0.1) is 6.61 Å². The summed E-state index contributed by atoms with van der Waals surface area (Å²) in [6, 6.07) is 0.527. The van der Waals surface area contributed by atoms with E-state index in [2.05, 4.69) is 31.0 Å². The van der Waals surface area contributed by atoms with Crippen LogP contribution >= 0.6 is 0 Å². The van der Waals surface area contributed by atoms with Crippen molar-refractivity contribution in [3.8, 4) is 0 Å². The first-order chi connectivity index (χ1) is 12.3. The molecule has 3 aliphatic heterocycles. The molecular formula is C20H35N3O3. The molecule has 0 saturated carbocycles. The molecule has 3 fully saturated rings. The lowest BCUT2D eigenvalue weighted by atomic mass is 9.91. The van der Waals surface area contributed by atoms with Crippen LogP contribution in [0.2, 0.25) is 0 Å². The summed E-state index contributed by atoms with van der Waals surface area (Å²) in [4.78, 5) is 29.7. The molecule has 6 heteroatoms. The van der Waals surface area contributed by atoms with Crippen LogP contribution in [0.3, 0.4) is 0 Å². The van der Waals surface area contributed by atoms with Crippen LogP contribution < -0.4 is 5.32 Å². The highest BCUT2D eigenvalue weighted by Crippen LogP contribution is 2.25. The largest absolute Gasteiger partial charge is 0.380 e. The monoisotopic (exact) mass is 365 g/mol. The molecule has 3 rings (SSSR count). The third-order valence-electron chi connectivity index (χ3n) is 5.86. The number of hydrogen-bond acceptors (Lipinski definition) is 4. The number of carbonyl (C=O) groups excluding carboxylic acids is 2. The summed E-state index contributed by atoms with van der Waals surface area (Å²) in [7, 11) is 0. The summed E-state index contributed by atoms with van der Waals surface area (Å²) in [6.07, 6.45) is 5.33. The SMILES string of the molecule is CC(C)(C)CC(=O)N1CCC[C@@H]1C(=O)NC1CCN([C@H]2CCOC2)CC1. The van der Waals surface area contributed by atoms with Crippen molar-refractivity contribution in [3.05, 3.63) is 0 Å². The molecule has 3 aliphatic rings. The Morgan fingerprint density at radius 1 is 1.08 bits per heavy atom. The van der Waals surface area contributed by atoms with E-state index in [1.165, 1.54) is 0 Å². The number of ether oxygens (including phenoxy) is 1. The van der Waals surface area contributed by atoms with Gasteiger partial charge >= 0.3 is 0 Å². The van der Waals surface area contributed by atoms with Gasteiger partial charge in [0.2, 0.25) is 11.8 Å². The normalized spacial score (nSPS) is 28.5.